The minimum Gasteiger partial charge on any atom is -0.294 e. The zero-order chi connectivity index (χ0) is 15.5. The number of hydrogen-bond acceptors (Lipinski definition) is 3. The molecule has 2 aliphatic rings. The molecule has 5 heteroatoms. The number of hydrogen-bond donors (Lipinski definition) is 2. The van der Waals surface area contributed by atoms with Crippen molar-refractivity contribution in [1.82, 2.24) is 10.9 Å². The highest BCUT2D eigenvalue weighted by atomic mass is 16.2. The van der Waals surface area contributed by atoms with E-state index in [0.717, 1.165) is 32.1 Å². The number of hydrazine groups is 1. The Labute approximate surface area is 129 Å². The molecule has 1 saturated carbocycles. The van der Waals surface area contributed by atoms with Gasteiger partial charge in [-0.25, -0.2) is 0 Å². The average molecular weight is 300 g/mol. The summed E-state index contributed by atoms with van der Waals surface area (Å²) in [6.07, 6.45) is 5.29. The second-order valence-electron chi connectivity index (χ2n) is 6.07. The van der Waals surface area contributed by atoms with E-state index in [2.05, 4.69) is 10.9 Å². The van der Waals surface area contributed by atoms with Crippen LogP contribution in [0.1, 0.15) is 53.6 Å². The lowest BCUT2D eigenvalue weighted by atomic mass is 10.0. The molecule has 116 valence electrons. The summed E-state index contributed by atoms with van der Waals surface area (Å²) in [6.45, 7) is 0. The summed E-state index contributed by atoms with van der Waals surface area (Å²) in [5, 5.41) is 0. The Morgan fingerprint density at radius 3 is 2.55 bits per heavy atom. The van der Waals surface area contributed by atoms with Crippen molar-refractivity contribution in [2.75, 3.05) is 0 Å². The van der Waals surface area contributed by atoms with E-state index in [0.29, 0.717) is 5.56 Å². The van der Waals surface area contributed by atoms with Crippen LogP contribution < -0.4 is 10.9 Å². The molecule has 2 amide bonds. The van der Waals surface area contributed by atoms with E-state index in [-0.39, 0.29) is 36.4 Å². The van der Waals surface area contributed by atoms with E-state index in [1.165, 1.54) is 11.1 Å². The Morgan fingerprint density at radius 1 is 1.00 bits per heavy atom. The first-order valence-electron chi connectivity index (χ1n) is 7.87. The van der Waals surface area contributed by atoms with Gasteiger partial charge in [-0.05, 0) is 49.3 Å². The largest absolute Gasteiger partial charge is 0.294 e. The highest BCUT2D eigenvalue weighted by Gasteiger charge is 2.29. The predicted molar refractivity (Wildman–Crippen MR) is 81.0 cm³/mol. The summed E-state index contributed by atoms with van der Waals surface area (Å²) in [6, 6.07) is 5.82. The molecule has 1 aromatic carbocycles. The number of carbonyl (C=O) groups excluding carboxylic acids is 3. The molecule has 0 atom stereocenters. The average Bonchev–Trinajstić information content (AvgIpc) is 3.27. The molecule has 0 radical (unpaired) electrons. The maximum atomic E-state index is 12.1. The first-order valence-corrected chi connectivity index (χ1v) is 7.87. The van der Waals surface area contributed by atoms with Crippen molar-refractivity contribution >= 4 is 17.6 Å². The van der Waals surface area contributed by atoms with Crippen LogP contribution in [0.15, 0.2) is 18.2 Å². The maximum absolute atomic E-state index is 12.1. The Hall–Kier alpha value is -2.17. The third-order valence-corrected chi connectivity index (χ3v) is 4.27. The Morgan fingerprint density at radius 2 is 1.77 bits per heavy atom. The fourth-order valence-electron chi connectivity index (χ4n) is 2.76. The molecule has 22 heavy (non-hydrogen) atoms. The number of nitrogens with one attached hydrogen (secondary N) is 2. The lowest BCUT2D eigenvalue weighted by Gasteiger charge is -2.07. The van der Waals surface area contributed by atoms with Crippen LogP contribution in [0.3, 0.4) is 0 Å². The Bertz CT molecular complexity index is 620. The first-order chi connectivity index (χ1) is 10.6. The molecule has 1 aromatic rings. The van der Waals surface area contributed by atoms with Crippen molar-refractivity contribution in [3.8, 4) is 0 Å². The number of rotatable bonds is 5. The van der Waals surface area contributed by atoms with Crippen molar-refractivity contribution in [3.05, 3.63) is 34.9 Å². The second kappa shape index (κ2) is 6.30. The van der Waals surface area contributed by atoms with E-state index in [1.54, 1.807) is 0 Å². The highest BCUT2D eigenvalue weighted by molar-refractivity contribution is 5.98. The fraction of sp³-hybridized carbons (Fsp3) is 0.471. The van der Waals surface area contributed by atoms with Crippen LogP contribution >= 0.6 is 0 Å². The molecule has 0 aromatic heterocycles. The van der Waals surface area contributed by atoms with E-state index in [4.69, 9.17) is 0 Å². The van der Waals surface area contributed by atoms with Crippen molar-refractivity contribution in [3.63, 3.8) is 0 Å². The number of fused-ring (bicyclic) bond motifs is 1. The van der Waals surface area contributed by atoms with Crippen molar-refractivity contribution < 1.29 is 14.4 Å². The third-order valence-electron chi connectivity index (χ3n) is 4.27. The maximum Gasteiger partial charge on any atom is 0.241 e. The molecular weight excluding hydrogens is 280 g/mol. The molecule has 0 spiro atoms. The van der Waals surface area contributed by atoms with E-state index in [9.17, 15) is 14.4 Å². The third kappa shape index (κ3) is 3.53. The molecule has 0 saturated heterocycles. The molecule has 2 aliphatic carbocycles. The molecule has 5 nitrogen and oxygen atoms in total. The van der Waals surface area contributed by atoms with Gasteiger partial charge in [-0.2, -0.15) is 0 Å². The molecule has 0 heterocycles. The Kier molecular flexibility index (Phi) is 4.22. The zero-order valence-corrected chi connectivity index (χ0v) is 12.5. The van der Waals surface area contributed by atoms with E-state index in [1.807, 2.05) is 18.2 Å². The van der Waals surface area contributed by atoms with Crippen molar-refractivity contribution in [2.24, 2.45) is 5.92 Å². The standard InChI is InChI=1S/C17H20N2O3/c20-15(14-7-4-11-2-1-3-13(11)10-14)8-9-16(21)18-19-17(22)12-5-6-12/h4,7,10,12H,1-3,5-6,8-9H2,(H,18,21)(H,19,22). The number of amides is 2. The van der Waals surface area contributed by atoms with Gasteiger partial charge < -0.3 is 0 Å². The lowest BCUT2D eigenvalue weighted by Crippen LogP contribution is -2.42. The molecular formula is C17H20N2O3. The highest BCUT2D eigenvalue weighted by Crippen LogP contribution is 2.28. The topological polar surface area (TPSA) is 75.3 Å². The lowest BCUT2D eigenvalue weighted by molar-refractivity contribution is -0.129. The van der Waals surface area contributed by atoms with Gasteiger partial charge in [0.05, 0.1) is 0 Å². The molecule has 0 bridgehead atoms. The number of carbonyl (C=O) groups is 3. The number of ketones is 1. The van der Waals surface area contributed by atoms with Crippen molar-refractivity contribution in [2.45, 2.75) is 44.9 Å². The summed E-state index contributed by atoms with van der Waals surface area (Å²) >= 11 is 0. The minimum absolute atomic E-state index is 0.0293. The van der Waals surface area contributed by atoms with Crippen LogP contribution in [0.2, 0.25) is 0 Å². The monoisotopic (exact) mass is 300 g/mol. The summed E-state index contributed by atoms with van der Waals surface area (Å²) in [4.78, 5) is 35.2. The summed E-state index contributed by atoms with van der Waals surface area (Å²) in [7, 11) is 0. The summed E-state index contributed by atoms with van der Waals surface area (Å²) in [5.74, 6) is -0.450. The molecule has 2 N–H and O–H groups in total. The van der Waals surface area contributed by atoms with Crippen LogP contribution in [0, 0.1) is 5.92 Å². The predicted octanol–water partition coefficient (Wildman–Crippen LogP) is 1.70. The van der Waals surface area contributed by atoms with Crippen LogP contribution in [0.5, 0.6) is 0 Å². The van der Waals surface area contributed by atoms with Gasteiger partial charge in [-0.3, -0.25) is 25.2 Å². The molecule has 3 rings (SSSR count). The number of Topliss-reactive ketones (excluding diaryl/α,β-unsaturated/α-hetero) is 1. The normalized spacial score (nSPS) is 16.0. The quantitative estimate of drug-likeness (QED) is 0.642. The summed E-state index contributed by atoms with van der Waals surface area (Å²) < 4.78 is 0. The molecule has 0 unspecified atom stereocenters. The van der Waals surface area contributed by atoms with Crippen LogP contribution in [0.25, 0.3) is 0 Å². The van der Waals surface area contributed by atoms with Crippen molar-refractivity contribution in [1.29, 1.82) is 0 Å². The molecule has 1 fully saturated rings. The van der Waals surface area contributed by atoms with Gasteiger partial charge in [0.1, 0.15) is 0 Å². The number of aryl methyl sites for hydroxylation is 2. The van der Waals surface area contributed by atoms with Gasteiger partial charge >= 0.3 is 0 Å². The smallest absolute Gasteiger partial charge is 0.241 e. The second-order valence-corrected chi connectivity index (χ2v) is 6.07. The van der Waals surface area contributed by atoms with Gasteiger partial charge in [-0.1, -0.05) is 12.1 Å². The van der Waals surface area contributed by atoms with Crippen LogP contribution in [-0.4, -0.2) is 17.6 Å². The van der Waals surface area contributed by atoms with Gasteiger partial charge in [-0.15, -0.1) is 0 Å². The summed E-state index contributed by atoms with van der Waals surface area (Å²) in [5.41, 5.74) is 8.02. The zero-order valence-electron chi connectivity index (χ0n) is 12.5. The SMILES string of the molecule is O=C(CCC(=O)c1ccc2c(c1)CCC2)NNC(=O)C1CC1. The van der Waals surface area contributed by atoms with Crippen LogP contribution in [0.4, 0.5) is 0 Å². The minimum atomic E-state index is -0.330. The van der Waals surface area contributed by atoms with Gasteiger partial charge in [0.2, 0.25) is 11.8 Å². The fourth-order valence-corrected chi connectivity index (χ4v) is 2.76. The van der Waals surface area contributed by atoms with Gasteiger partial charge in [0.15, 0.2) is 5.78 Å². The van der Waals surface area contributed by atoms with Gasteiger partial charge in [0.25, 0.3) is 0 Å². The first kappa shape index (κ1) is 14.8. The van der Waals surface area contributed by atoms with Crippen LogP contribution in [-0.2, 0) is 22.4 Å². The van der Waals surface area contributed by atoms with E-state index < -0.39 is 0 Å². The number of benzene rings is 1. The van der Waals surface area contributed by atoms with E-state index >= 15 is 0 Å². The Balaban J connectivity index is 1.45. The molecule has 0 aliphatic heterocycles. The van der Waals surface area contributed by atoms with Gasteiger partial charge in [0, 0.05) is 24.3 Å².